The van der Waals surface area contributed by atoms with E-state index in [1.807, 2.05) is 59.5 Å². The fourth-order valence-corrected chi connectivity index (χ4v) is 4.44. The van der Waals surface area contributed by atoms with Crippen LogP contribution in [0.15, 0.2) is 73.1 Å². The molecule has 2 aromatic carbocycles. The van der Waals surface area contributed by atoms with Crippen LogP contribution in [0.2, 0.25) is 0 Å². The first-order chi connectivity index (χ1) is 15.7. The molecule has 2 aliphatic heterocycles. The van der Waals surface area contributed by atoms with Crippen LogP contribution in [0, 0.1) is 0 Å². The summed E-state index contributed by atoms with van der Waals surface area (Å²) < 4.78 is 12.3. The normalized spacial score (nSPS) is 19.6. The average molecular weight is 431 g/mol. The van der Waals surface area contributed by atoms with Crippen LogP contribution in [0.3, 0.4) is 0 Å². The minimum atomic E-state index is -0.190. The third kappa shape index (κ3) is 4.57. The Morgan fingerprint density at radius 2 is 1.81 bits per heavy atom. The van der Waals surface area contributed by atoms with Crippen LogP contribution in [0.5, 0.6) is 5.75 Å². The van der Waals surface area contributed by atoms with Gasteiger partial charge in [0.05, 0.1) is 12.2 Å². The maximum Gasteiger partial charge on any atom is 0.253 e. The molecule has 3 aromatic rings. The highest BCUT2D eigenvalue weighted by molar-refractivity contribution is 5.95. The van der Waals surface area contributed by atoms with Crippen molar-refractivity contribution in [1.29, 1.82) is 0 Å². The molecule has 1 aromatic heterocycles. The van der Waals surface area contributed by atoms with Gasteiger partial charge in [-0.3, -0.25) is 4.79 Å². The average Bonchev–Trinajstić information content (AvgIpc) is 3.22. The van der Waals surface area contributed by atoms with Gasteiger partial charge in [-0.1, -0.05) is 24.3 Å². The van der Waals surface area contributed by atoms with Gasteiger partial charge in [-0.15, -0.1) is 0 Å². The number of para-hydroxylation sites is 1. The van der Waals surface area contributed by atoms with Crippen LogP contribution in [0.4, 0.5) is 11.6 Å². The van der Waals surface area contributed by atoms with E-state index in [2.05, 4.69) is 15.3 Å². The maximum absolute atomic E-state index is 13.1. The molecule has 7 nitrogen and oxygen atoms in total. The molecule has 2 fully saturated rings. The van der Waals surface area contributed by atoms with Crippen LogP contribution in [-0.4, -0.2) is 52.2 Å². The zero-order valence-corrected chi connectivity index (χ0v) is 17.8. The molecule has 0 unspecified atom stereocenters. The van der Waals surface area contributed by atoms with Crippen molar-refractivity contribution in [2.75, 3.05) is 25.0 Å². The molecule has 0 aliphatic carbocycles. The number of likely N-dealkylation sites (tertiary alicyclic amines) is 1. The van der Waals surface area contributed by atoms with Gasteiger partial charge in [0.1, 0.15) is 11.9 Å². The number of carbonyl (C=O) groups excluding carboxylic acids is 1. The summed E-state index contributed by atoms with van der Waals surface area (Å²) in [7, 11) is 0. The highest BCUT2D eigenvalue weighted by Crippen LogP contribution is 2.37. The van der Waals surface area contributed by atoms with Gasteiger partial charge >= 0.3 is 0 Å². The first-order valence-electron chi connectivity index (χ1n) is 11.0. The zero-order chi connectivity index (χ0) is 21.8. The molecular formula is C25H26N4O3. The fraction of sp³-hybridized carbons (Fsp3) is 0.320. The fourth-order valence-electron chi connectivity index (χ4n) is 4.44. The number of anilines is 2. The van der Waals surface area contributed by atoms with Crippen molar-refractivity contribution < 1.29 is 14.3 Å². The predicted octanol–water partition coefficient (Wildman–Crippen LogP) is 4.06. The standard InChI is InChI=1S/C25H26N4O3/c30-23(19-6-4-7-20(16-19)28-24-26-12-5-13-27-24)29-14-10-25(11-15-29)17-22(18-31-25)32-21-8-2-1-3-9-21/h1-9,12-13,16,22H,10-11,14-15,17-18H2,(H,26,27,28)/t22-/m1/s1. The number of piperidine rings is 1. The summed E-state index contributed by atoms with van der Waals surface area (Å²) in [6, 6.07) is 19.1. The van der Waals surface area contributed by atoms with E-state index >= 15 is 0 Å². The van der Waals surface area contributed by atoms with Crippen molar-refractivity contribution in [3.63, 3.8) is 0 Å². The van der Waals surface area contributed by atoms with E-state index in [4.69, 9.17) is 9.47 Å². The van der Waals surface area contributed by atoms with Crippen LogP contribution >= 0.6 is 0 Å². The highest BCUT2D eigenvalue weighted by atomic mass is 16.6. The Bertz CT molecular complexity index is 1050. The van der Waals surface area contributed by atoms with Crippen LogP contribution < -0.4 is 10.1 Å². The number of hydrogen-bond acceptors (Lipinski definition) is 6. The molecule has 32 heavy (non-hydrogen) atoms. The van der Waals surface area contributed by atoms with Gasteiger partial charge < -0.3 is 19.7 Å². The summed E-state index contributed by atoms with van der Waals surface area (Å²) >= 11 is 0. The Morgan fingerprint density at radius 1 is 1.03 bits per heavy atom. The largest absolute Gasteiger partial charge is 0.488 e. The number of rotatable bonds is 5. The number of benzene rings is 2. The SMILES string of the molecule is O=C(c1cccc(Nc2ncccn2)c1)N1CCC2(CC1)C[C@@H](Oc1ccccc1)CO2. The molecule has 5 rings (SSSR count). The van der Waals surface area contributed by atoms with Gasteiger partial charge in [0, 0.05) is 43.2 Å². The van der Waals surface area contributed by atoms with E-state index in [0.29, 0.717) is 31.2 Å². The minimum Gasteiger partial charge on any atom is -0.488 e. The molecule has 1 spiro atoms. The van der Waals surface area contributed by atoms with Gasteiger partial charge in [-0.05, 0) is 49.2 Å². The molecule has 7 heteroatoms. The Labute approximate surface area is 187 Å². The monoisotopic (exact) mass is 430 g/mol. The Kier molecular flexibility index (Phi) is 5.73. The molecule has 2 aliphatic rings. The maximum atomic E-state index is 13.1. The number of aromatic nitrogens is 2. The number of carbonyl (C=O) groups is 1. The molecule has 164 valence electrons. The Balaban J connectivity index is 1.18. The van der Waals surface area contributed by atoms with Gasteiger partial charge in [-0.2, -0.15) is 0 Å². The molecule has 1 atom stereocenters. The quantitative estimate of drug-likeness (QED) is 0.658. The summed E-state index contributed by atoms with van der Waals surface area (Å²) in [6.07, 6.45) is 5.91. The molecule has 0 radical (unpaired) electrons. The van der Waals surface area contributed by atoms with Crippen LogP contribution in [0.1, 0.15) is 29.6 Å². The van der Waals surface area contributed by atoms with Crippen LogP contribution in [-0.2, 0) is 4.74 Å². The second-order valence-electron chi connectivity index (χ2n) is 8.32. The first kappa shape index (κ1) is 20.5. The molecule has 2 saturated heterocycles. The van der Waals surface area contributed by atoms with E-state index < -0.39 is 0 Å². The van der Waals surface area contributed by atoms with Crippen molar-refractivity contribution >= 4 is 17.5 Å². The van der Waals surface area contributed by atoms with Crippen molar-refractivity contribution in [2.45, 2.75) is 31.0 Å². The lowest BCUT2D eigenvalue weighted by molar-refractivity contribution is -0.0395. The van der Waals surface area contributed by atoms with Crippen molar-refractivity contribution in [3.8, 4) is 5.75 Å². The summed E-state index contributed by atoms with van der Waals surface area (Å²) in [4.78, 5) is 23.4. The number of nitrogens with zero attached hydrogens (tertiary/aromatic N) is 3. The predicted molar refractivity (Wildman–Crippen MR) is 121 cm³/mol. The van der Waals surface area contributed by atoms with E-state index in [1.54, 1.807) is 18.5 Å². The number of hydrogen-bond donors (Lipinski definition) is 1. The highest BCUT2D eigenvalue weighted by Gasteiger charge is 2.44. The molecular weight excluding hydrogens is 404 g/mol. The lowest BCUT2D eigenvalue weighted by Gasteiger charge is -2.38. The van der Waals surface area contributed by atoms with Crippen molar-refractivity contribution in [1.82, 2.24) is 14.9 Å². The summed E-state index contributed by atoms with van der Waals surface area (Å²) in [5, 5.41) is 3.14. The molecule has 1 N–H and O–H groups in total. The smallest absolute Gasteiger partial charge is 0.253 e. The van der Waals surface area contributed by atoms with Gasteiger partial charge in [0.2, 0.25) is 5.95 Å². The van der Waals surface area contributed by atoms with Gasteiger partial charge in [0.15, 0.2) is 0 Å². The molecule has 0 bridgehead atoms. The second-order valence-corrected chi connectivity index (χ2v) is 8.32. The second kappa shape index (κ2) is 8.96. The summed E-state index contributed by atoms with van der Waals surface area (Å²) in [5.41, 5.74) is 1.25. The molecule has 3 heterocycles. The first-order valence-corrected chi connectivity index (χ1v) is 11.0. The lowest BCUT2D eigenvalue weighted by atomic mass is 9.87. The van der Waals surface area contributed by atoms with Crippen molar-refractivity contribution in [2.24, 2.45) is 0 Å². The van der Waals surface area contributed by atoms with Crippen molar-refractivity contribution in [3.05, 3.63) is 78.6 Å². The zero-order valence-electron chi connectivity index (χ0n) is 17.8. The van der Waals surface area contributed by atoms with E-state index in [0.717, 1.165) is 30.7 Å². The number of ether oxygens (including phenoxy) is 2. The van der Waals surface area contributed by atoms with Gasteiger partial charge in [0.25, 0.3) is 5.91 Å². The lowest BCUT2D eigenvalue weighted by Crippen LogP contribution is -2.46. The topological polar surface area (TPSA) is 76.6 Å². The Hall–Kier alpha value is -3.45. The van der Waals surface area contributed by atoms with Gasteiger partial charge in [-0.25, -0.2) is 9.97 Å². The third-order valence-electron chi connectivity index (χ3n) is 6.11. The van der Waals surface area contributed by atoms with Crippen LogP contribution in [0.25, 0.3) is 0 Å². The number of amides is 1. The summed E-state index contributed by atoms with van der Waals surface area (Å²) in [5.74, 6) is 1.41. The third-order valence-corrected chi connectivity index (χ3v) is 6.11. The number of nitrogens with one attached hydrogen (secondary N) is 1. The van der Waals surface area contributed by atoms with E-state index in [1.165, 1.54) is 0 Å². The Morgan fingerprint density at radius 3 is 2.59 bits per heavy atom. The minimum absolute atomic E-state index is 0.0348. The molecule has 1 amide bonds. The van der Waals surface area contributed by atoms with E-state index in [-0.39, 0.29) is 17.6 Å². The molecule has 0 saturated carbocycles. The van der Waals surface area contributed by atoms with E-state index in [9.17, 15) is 4.79 Å². The summed E-state index contributed by atoms with van der Waals surface area (Å²) in [6.45, 7) is 1.95.